The number of thioether (sulfide) groups is 1. The number of hydrogen-bond donors (Lipinski definition) is 1. The lowest BCUT2D eigenvalue weighted by Crippen LogP contribution is -2.14. The van der Waals surface area contributed by atoms with Gasteiger partial charge in [-0.25, -0.2) is 4.98 Å². The van der Waals surface area contributed by atoms with Crippen molar-refractivity contribution >= 4 is 56.2 Å². The summed E-state index contributed by atoms with van der Waals surface area (Å²) in [5, 5.41) is 6.00. The number of thiazole rings is 1. The third-order valence-corrected chi connectivity index (χ3v) is 6.74. The van der Waals surface area contributed by atoms with Gasteiger partial charge >= 0.3 is 0 Å². The average Bonchev–Trinajstić information content (AvgIpc) is 3.36. The highest BCUT2D eigenvalue weighted by atomic mass is 32.2. The number of anilines is 1. The van der Waals surface area contributed by atoms with E-state index < -0.39 is 0 Å². The van der Waals surface area contributed by atoms with Crippen LogP contribution in [0, 0.1) is 11.8 Å². The molecule has 0 saturated heterocycles. The fourth-order valence-electron chi connectivity index (χ4n) is 2.57. The maximum Gasteiger partial charge on any atom is 0.234 e. The summed E-state index contributed by atoms with van der Waals surface area (Å²) < 4.78 is 1.18. The van der Waals surface area contributed by atoms with E-state index in [0.29, 0.717) is 5.75 Å². The van der Waals surface area contributed by atoms with Crippen molar-refractivity contribution < 1.29 is 4.79 Å². The van der Waals surface area contributed by atoms with Crippen molar-refractivity contribution in [3.8, 4) is 11.8 Å². The molecule has 1 N–H and O–H groups in total. The molecule has 0 aliphatic carbocycles. The Bertz CT molecular complexity index is 1120. The van der Waals surface area contributed by atoms with Gasteiger partial charge in [0.15, 0.2) is 0 Å². The molecule has 0 bridgehead atoms. The molecule has 3 nitrogen and oxygen atoms in total. The number of para-hydroxylation sites is 1. The lowest BCUT2D eigenvalue weighted by Gasteiger charge is -2.05. The van der Waals surface area contributed by atoms with Crippen LogP contribution >= 0.6 is 34.4 Å². The van der Waals surface area contributed by atoms with Gasteiger partial charge in [0.1, 0.15) is 5.01 Å². The van der Waals surface area contributed by atoms with Crippen molar-refractivity contribution in [3.63, 3.8) is 0 Å². The van der Waals surface area contributed by atoms with E-state index in [4.69, 9.17) is 0 Å². The Morgan fingerprint density at radius 1 is 1.07 bits per heavy atom. The Hall–Kier alpha value is -2.59. The molecule has 28 heavy (non-hydrogen) atoms. The Morgan fingerprint density at radius 2 is 2.00 bits per heavy atom. The molecule has 4 rings (SSSR count). The third-order valence-electron chi connectivity index (χ3n) is 3.79. The number of carbonyl (C=O) groups excluding carboxylic acids is 1. The van der Waals surface area contributed by atoms with Crippen LogP contribution in [0.3, 0.4) is 0 Å². The van der Waals surface area contributed by atoms with E-state index in [2.05, 4.69) is 28.2 Å². The molecule has 6 heteroatoms. The summed E-state index contributed by atoms with van der Waals surface area (Å²) in [6, 6.07) is 19.7. The molecular formula is C22H16N2OS3. The summed E-state index contributed by atoms with van der Waals surface area (Å²) in [7, 11) is 0. The summed E-state index contributed by atoms with van der Waals surface area (Å²) >= 11 is 4.87. The molecule has 0 atom stereocenters. The molecule has 2 aromatic heterocycles. The fraction of sp³-hybridized carbons (Fsp3) is 0.0909. The van der Waals surface area contributed by atoms with Crippen LogP contribution in [0.2, 0.25) is 0 Å². The first-order valence-corrected chi connectivity index (χ1v) is 11.5. The number of nitrogens with zero attached hydrogens (tertiary/aromatic N) is 1. The molecule has 138 valence electrons. The molecule has 0 unspecified atom stereocenters. The molecule has 2 heterocycles. The summed E-state index contributed by atoms with van der Waals surface area (Å²) in [6.45, 7) is 0. The van der Waals surface area contributed by atoms with Crippen LogP contribution in [0.15, 0.2) is 66.0 Å². The van der Waals surface area contributed by atoms with Gasteiger partial charge in [0.2, 0.25) is 5.91 Å². The first kappa shape index (κ1) is 18.8. The van der Waals surface area contributed by atoms with E-state index in [1.165, 1.54) is 4.70 Å². The number of rotatable bonds is 5. The molecular weight excluding hydrogens is 404 g/mol. The van der Waals surface area contributed by atoms with E-state index in [1.807, 2.05) is 60.0 Å². The van der Waals surface area contributed by atoms with Gasteiger partial charge in [-0.15, -0.1) is 34.4 Å². The van der Waals surface area contributed by atoms with Gasteiger partial charge in [-0.1, -0.05) is 36.1 Å². The second kappa shape index (κ2) is 9.07. The van der Waals surface area contributed by atoms with Gasteiger partial charge < -0.3 is 5.32 Å². The summed E-state index contributed by atoms with van der Waals surface area (Å²) in [4.78, 5) is 17.9. The van der Waals surface area contributed by atoms with Crippen LogP contribution in [0.1, 0.15) is 15.4 Å². The van der Waals surface area contributed by atoms with Crippen LogP contribution in [0.5, 0.6) is 0 Å². The molecule has 0 saturated carbocycles. The van der Waals surface area contributed by atoms with Gasteiger partial charge in [-0.05, 0) is 41.8 Å². The normalized spacial score (nSPS) is 10.4. The van der Waals surface area contributed by atoms with E-state index in [1.54, 1.807) is 34.4 Å². The molecule has 1 amide bonds. The van der Waals surface area contributed by atoms with Crippen LogP contribution < -0.4 is 5.32 Å². The van der Waals surface area contributed by atoms with Gasteiger partial charge in [0, 0.05) is 17.0 Å². The Balaban J connectivity index is 1.30. The number of nitrogens with one attached hydrogen (secondary N) is 1. The van der Waals surface area contributed by atoms with Crippen molar-refractivity contribution in [2.45, 2.75) is 5.75 Å². The minimum Gasteiger partial charge on any atom is -0.325 e. The molecule has 0 aliphatic heterocycles. The lowest BCUT2D eigenvalue weighted by molar-refractivity contribution is -0.113. The summed E-state index contributed by atoms with van der Waals surface area (Å²) in [5.74, 6) is 7.37. The topological polar surface area (TPSA) is 42.0 Å². The molecule has 0 radical (unpaired) electrons. The maximum absolute atomic E-state index is 12.2. The number of amides is 1. The second-order valence-electron chi connectivity index (χ2n) is 5.92. The zero-order chi connectivity index (χ0) is 19.2. The second-order valence-corrected chi connectivity index (χ2v) is 8.97. The van der Waals surface area contributed by atoms with Gasteiger partial charge in [-0.2, -0.15) is 0 Å². The summed E-state index contributed by atoms with van der Waals surface area (Å²) in [5.41, 5.74) is 2.67. The quantitative estimate of drug-likeness (QED) is 0.426. The van der Waals surface area contributed by atoms with Crippen molar-refractivity contribution in [2.24, 2.45) is 0 Å². The summed E-state index contributed by atoms with van der Waals surface area (Å²) in [6.07, 6.45) is 0. The number of fused-ring (bicyclic) bond motifs is 1. The Labute approximate surface area is 175 Å². The zero-order valence-electron chi connectivity index (χ0n) is 14.8. The largest absolute Gasteiger partial charge is 0.325 e. The minimum absolute atomic E-state index is 0.0190. The molecule has 0 aliphatic rings. The number of hydrogen-bond acceptors (Lipinski definition) is 5. The van der Waals surface area contributed by atoms with E-state index in [9.17, 15) is 4.79 Å². The molecule has 0 spiro atoms. The lowest BCUT2D eigenvalue weighted by atomic mass is 10.2. The highest BCUT2D eigenvalue weighted by Crippen LogP contribution is 2.24. The van der Waals surface area contributed by atoms with E-state index in [-0.39, 0.29) is 5.91 Å². The average molecular weight is 421 g/mol. The predicted molar refractivity (Wildman–Crippen MR) is 121 cm³/mol. The smallest absolute Gasteiger partial charge is 0.234 e. The monoisotopic (exact) mass is 420 g/mol. The van der Waals surface area contributed by atoms with E-state index in [0.717, 1.165) is 32.4 Å². The number of aromatic nitrogens is 1. The van der Waals surface area contributed by atoms with Crippen LogP contribution in [0.4, 0.5) is 5.69 Å². The van der Waals surface area contributed by atoms with Gasteiger partial charge in [0.25, 0.3) is 0 Å². The maximum atomic E-state index is 12.2. The first-order valence-electron chi connectivity index (χ1n) is 8.64. The van der Waals surface area contributed by atoms with Crippen LogP contribution in [-0.4, -0.2) is 16.6 Å². The Kier molecular flexibility index (Phi) is 6.07. The van der Waals surface area contributed by atoms with Gasteiger partial charge in [0.05, 0.1) is 20.8 Å². The SMILES string of the molecule is O=C(CSCc1nc2ccccc2s1)Nc1cccc(C#Cc2cccs2)c1. The number of benzene rings is 2. The standard InChI is InChI=1S/C22H16N2OS3/c25-21(14-26-15-22-24-19-8-1-2-9-20(19)28-22)23-17-6-3-5-16(13-17)10-11-18-7-4-12-27-18/h1-9,12-13H,14-15H2,(H,23,25). The van der Waals surface area contributed by atoms with Crippen molar-refractivity contribution in [1.29, 1.82) is 0 Å². The zero-order valence-corrected chi connectivity index (χ0v) is 17.3. The highest BCUT2D eigenvalue weighted by molar-refractivity contribution is 7.99. The first-order chi connectivity index (χ1) is 13.8. The van der Waals surface area contributed by atoms with Crippen LogP contribution in [-0.2, 0) is 10.5 Å². The highest BCUT2D eigenvalue weighted by Gasteiger charge is 2.06. The minimum atomic E-state index is -0.0190. The molecule has 0 fully saturated rings. The van der Waals surface area contributed by atoms with E-state index >= 15 is 0 Å². The Morgan fingerprint density at radius 3 is 2.86 bits per heavy atom. The number of carbonyl (C=O) groups is 1. The number of thiophene rings is 1. The van der Waals surface area contributed by atoms with Crippen LogP contribution in [0.25, 0.3) is 10.2 Å². The van der Waals surface area contributed by atoms with Crippen molar-refractivity contribution in [1.82, 2.24) is 4.98 Å². The van der Waals surface area contributed by atoms with Crippen molar-refractivity contribution in [3.05, 3.63) is 81.5 Å². The van der Waals surface area contributed by atoms with Crippen molar-refractivity contribution in [2.75, 3.05) is 11.1 Å². The van der Waals surface area contributed by atoms with Gasteiger partial charge in [-0.3, -0.25) is 4.79 Å². The fourth-order valence-corrected chi connectivity index (χ4v) is 4.99. The molecule has 4 aromatic rings. The third kappa shape index (κ3) is 5.02. The predicted octanol–water partition coefficient (Wildman–Crippen LogP) is 5.63. The molecule has 2 aromatic carbocycles.